The first-order valence-corrected chi connectivity index (χ1v) is 14.6. The van der Waals surface area contributed by atoms with Crippen LogP contribution >= 0.6 is 23.2 Å². The van der Waals surface area contributed by atoms with Crippen LogP contribution in [0, 0.1) is 11.3 Å². The Kier molecular flexibility index (Phi) is 8.29. The van der Waals surface area contributed by atoms with Gasteiger partial charge < -0.3 is 15.6 Å². The van der Waals surface area contributed by atoms with Crippen molar-refractivity contribution in [2.75, 3.05) is 5.32 Å². The van der Waals surface area contributed by atoms with Gasteiger partial charge in [0.1, 0.15) is 0 Å². The number of anilines is 2. The molecule has 5 rings (SSSR count). The molecule has 0 radical (unpaired) electrons. The summed E-state index contributed by atoms with van der Waals surface area (Å²) in [7, 11) is 0. The molecule has 2 aliphatic carbocycles. The van der Waals surface area contributed by atoms with Crippen LogP contribution in [-0.4, -0.2) is 21.7 Å². The molecule has 0 unspecified atom stereocenters. The molecule has 3 N–H and O–H groups in total. The Morgan fingerprint density at radius 3 is 2.55 bits per heavy atom. The van der Waals surface area contributed by atoms with Crippen LogP contribution in [0.15, 0.2) is 30.3 Å². The van der Waals surface area contributed by atoms with E-state index in [4.69, 9.17) is 23.2 Å². The summed E-state index contributed by atoms with van der Waals surface area (Å²) in [5.41, 5.74) is 3.28. The minimum atomic E-state index is -0.280. The molecule has 3 aromatic rings. The molecule has 2 saturated carbocycles. The summed E-state index contributed by atoms with van der Waals surface area (Å²) in [6.45, 7) is 2.50. The Morgan fingerprint density at radius 1 is 1.03 bits per heavy atom. The summed E-state index contributed by atoms with van der Waals surface area (Å²) < 4.78 is 0. The average molecular weight is 556 g/mol. The summed E-state index contributed by atoms with van der Waals surface area (Å²) in [5.74, 6) is 1.35. The summed E-state index contributed by atoms with van der Waals surface area (Å²) in [6, 6.07) is 9.18. The molecule has 2 fully saturated rings. The van der Waals surface area contributed by atoms with Gasteiger partial charge in [-0.15, -0.1) is 0 Å². The lowest BCUT2D eigenvalue weighted by Gasteiger charge is -2.32. The minimum Gasteiger partial charge on any atom is -0.352 e. The lowest BCUT2D eigenvalue weighted by Crippen LogP contribution is -2.39. The molecule has 1 heterocycles. The van der Waals surface area contributed by atoms with Crippen molar-refractivity contribution in [3.63, 3.8) is 0 Å². The van der Waals surface area contributed by atoms with Gasteiger partial charge in [-0.25, -0.2) is 4.98 Å². The maximum absolute atomic E-state index is 12.9. The van der Waals surface area contributed by atoms with Gasteiger partial charge in [-0.1, -0.05) is 81.1 Å². The van der Waals surface area contributed by atoms with Crippen LogP contribution in [0.4, 0.5) is 11.6 Å². The van der Waals surface area contributed by atoms with Crippen molar-refractivity contribution in [3.8, 4) is 0 Å². The average Bonchev–Trinajstić information content (AvgIpc) is 3.56. The fourth-order valence-electron chi connectivity index (χ4n) is 5.93. The van der Waals surface area contributed by atoms with E-state index in [1.54, 1.807) is 12.1 Å². The van der Waals surface area contributed by atoms with Gasteiger partial charge in [-0.05, 0) is 55.0 Å². The third-order valence-corrected chi connectivity index (χ3v) is 9.01. The molecule has 2 aromatic carbocycles. The van der Waals surface area contributed by atoms with Crippen LogP contribution in [0.5, 0.6) is 0 Å². The molecule has 8 heteroatoms. The van der Waals surface area contributed by atoms with Gasteiger partial charge in [0, 0.05) is 23.9 Å². The third-order valence-electron chi connectivity index (χ3n) is 8.37. The molecule has 0 aliphatic heterocycles. The number of nitrogens with zero attached hydrogens (tertiary/aromatic N) is 1. The molecule has 0 saturated heterocycles. The number of fused-ring (bicyclic) bond motifs is 1. The lowest BCUT2D eigenvalue weighted by atomic mass is 9.75. The van der Waals surface area contributed by atoms with Gasteiger partial charge in [-0.3, -0.25) is 9.59 Å². The summed E-state index contributed by atoms with van der Waals surface area (Å²) >= 11 is 13.0. The smallest absolute Gasteiger partial charge is 0.226 e. The van der Waals surface area contributed by atoms with Crippen LogP contribution in [-0.2, 0) is 11.3 Å². The Bertz CT molecular complexity index is 1320. The fourth-order valence-corrected chi connectivity index (χ4v) is 6.37. The molecule has 1 amide bonds. The van der Waals surface area contributed by atoms with Gasteiger partial charge >= 0.3 is 0 Å². The molecule has 1 aromatic heterocycles. The first-order valence-electron chi connectivity index (χ1n) is 13.9. The minimum absolute atomic E-state index is 0.0705. The van der Waals surface area contributed by atoms with Crippen molar-refractivity contribution in [1.82, 2.24) is 15.3 Å². The maximum atomic E-state index is 12.9. The molecule has 2 aliphatic rings. The number of rotatable bonds is 9. The molecular weight excluding hydrogens is 519 g/mol. The van der Waals surface area contributed by atoms with Crippen molar-refractivity contribution in [1.29, 1.82) is 0 Å². The predicted molar refractivity (Wildman–Crippen MR) is 154 cm³/mol. The van der Waals surface area contributed by atoms with Crippen LogP contribution < -0.4 is 10.6 Å². The van der Waals surface area contributed by atoms with Crippen molar-refractivity contribution in [2.45, 2.75) is 84.1 Å². The van der Waals surface area contributed by atoms with E-state index in [1.165, 1.54) is 32.1 Å². The van der Waals surface area contributed by atoms with E-state index in [9.17, 15) is 9.59 Å². The first-order chi connectivity index (χ1) is 18.3. The topological polar surface area (TPSA) is 86.9 Å². The molecule has 0 atom stereocenters. The van der Waals surface area contributed by atoms with E-state index in [-0.39, 0.29) is 17.1 Å². The second-order valence-corrected chi connectivity index (χ2v) is 12.1. The predicted octanol–water partition coefficient (Wildman–Crippen LogP) is 8.35. The quantitative estimate of drug-likeness (QED) is 0.232. The SMILES string of the molecule is CC1(C(=O)NCc2ccc(Cl)c(Nc3nc4cc(C(=O)CCC5CCCC5)c(Cl)cc4[nH]3)c2)CCCCC1. The summed E-state index contributed by atoms with van der Waals surface area (Å²) in [6.07, 6.45) is 11.8. The number of imidazole rings is 1. The second-order valence-electron chi connectivity index (χ2n) is 11.3. The highest BCUT2D eigenvalue weighted by Crippen LogP contribution is 2.36. The normalized spacial score (nSPS) is 17.6. The van der Waals surface area contributed by atoms with E-state index in [0.29, 0.717) is 51.6 Å². The number of hydrogen-bond donors (Lipinski definition) is 3. The second kappa shape index (κ2) is 11.7. The fraction of sp³-hybridized carbons (Fsp3) is 0.500. The Morgan fingerprint density at radius 2 is 1.79 bits per heavy atom. The highest BCUT2D eigenvalue weighted by Gasteiger charge is 2.34. The molecule has 0 bridgehead atoms. The molecule has 6 nitrogen and oxygen atoms in total. The van der Waals surface area contributed by atoms with E-state index in [0.717, 1.165) is 43.2 Å². The highest BCUT2D eigenvalue weighted by molar-refractivity contribution is 6.35. The van der Waals surface area contributed by atoms with E-state index >= 15 is 0 Å². The lowest BCUT2D eigenvalue weighted by molar-refractivity contribution is -0.132. The van der Waals surface area contributed by atoms with Gasteiger partial charge in [0.25, 0.3) is 0 Å². The Hall–Kier alpha value is -2.57. The van der Waals surface area contributed by atoms with Crippen LogP contribution in [0.2, 0.25) is 10.0 Å². The maximum Gasteiger partial charge on any atom is 0.226 e. The number of H-pyrrole nitrogens is 1. The zero-order chi connectivity index (χ0) is 26.7. The number of Topliss-reactive ketones (excluding diaryl/α,β-unsaturated/α-hetero) is 1. The van der Waals surface area contributed by atoms with E-state index < -0.39 is 0 Å². The van der Waals surface area contributed by atoms with E-state index in [2.05, 4.69) is 27.5 Å². The van der Waals surface area contributed by atoms with Crippen molar-refractivity contribution in [3.05, 3.63) is 51.5 Å². The third kappa shape index (κ3) is 6.18. The van der Waals surface area contributed by atoms with Gasteiger partial charge in [0.2, 0.25) is 11.9 Å². The van der Waals surface area contributed by atoms with Crippen LogP contribution in [0.1, 0.15) is 93.5 Å². The monoisotopic (exact) mass is 554 g/mol. The number of halogens is 2. The van der Waals surface area contributed by atoms with Gasteiger partial charge in [0.15, 0.2) is 5.78 Å². The molecule has 38 heavy (non-hydrogen) atoms. The largest absolute Gasteiger partial charge is 0.352 e. The standard InChI is InChI=1S/C30H36Cl2N4O2/c1-30(13-5-2-6-14-30)28(38)33-18-20-9-11-22(31)24(15-20)34-29-35-25-16-21(23(32)17-26(25)36-29)27(37)12-10-19-7-3-4-8-19/h9,11,15-17,19H,2-8,10,12-14,18H2,1H3,(H,33,38)(H2,34,35,36). The number of benzene rings is 2. The number of carbonyl (C=O) groups excluding carboxylic acids is 2. The number of hydrogen-bond acceptors (Lipinski definition) is 4. The Balaban J connectivity index is 1.26. The molecule has 0 spiro atoms. The number of nitrogens with one attached hydrogen (secondary N) is 3. The zero-order valence-corrected chi connectivity index (χ0v) is 23.5. The van der Waals surface area contributed by atoms with E-state index in [1.807, 2.05) is 18.2 Å². The summed E-state index contributed by atoms with van der Waals surface area (Å²) in [5, 5.41) is 7.34. The van der Waals surface area contributed by atoms with Crippen LogP contribution in [0.3, 0.4) is 0 Å². The molecular formula is C30H36Cl2N4O2. The number of aromatic amines is 1. The Labute approximate surface area is 234 Å². The number of amides is 1. The molecule has 202 valence electrons. The highest BCUT2D eigenvalue weighted by atomic mass is 35.5. The van der Waals surface area contributed by atoms with Gasteiger partial charge in [0.05, 0.1) is 26.8 Å². The van der Waals surface area contributed by atoms with Crippen molar-refractivity contribution in [2.24, 2.45) is 11.3 Å². The number of aromatic nitrogens is 2. The summed E-state index contributed by atoms with van der Waals surface area (Å²) in [4.78, 5) is 33.6. The first kappa shape index (κ1) is 27.0. The van der Waals surface area contributed by atoms with Crippen LogP contribution in [0.25, 0.3) is 11.0 Å². The van der Waals surface area contributed by atoms with Crippen molar-refractivity contribution >= 4 is 57.6 Å². The zero-order valence-electron chi connectivity index (χ0n) is 22.0. The van der Waals surface area contributed by atoms with Gasteiger partial charge in [-0.2, -0.15) is 0 Å². The number of ketones is 1. The number of carbonyl (C=O) groups is 2. The van der Waals surface area contributed by atoms with Crippen molar-refractivity contribution < 1.29 is 9.59 Å².